The third kappa shape index (κ3) is 2.50. The summed E-state index contributed by atoms with van der Waals surface area (Å²) in [6, 6.07) is 13.1. The minimum atomic E-state index is -0.796. The average Bonchev–Trinajstić information content (AvgIpc) is 2.39. The Labute approximate surface area is 112 Å². The maximum atomic E-state index is 13.7. The van der Waals surface area contributed by atoms with Gasteiger partial charge in [0.1, 0.15) is 5.82 Å². The van der Waals surface area contributed by atoms with Gasteiger partial charge >= 0.3 is 0 Å². The highest BCUT2D eigenvalue weighted by atomic mass is 19.1. The second-order valence-corrected chi connectivity index (χ2v) is 5.06. The lowest BCUT2D eigenvalue weighted by Gasteiger charge is -2.24. The van der Waals surface area contributed by atoms with E-state index in [2.05, 4.69) is 0 Å². The second kappa shape index (κ2) is 4.84. The van der Waals surface area contributed by atoms with Crippen LogP contribution in [0.3, 0.4) is 0 Å². The van der Waals surface area contributed by atoms with Crippen molar-refractivity contribution in [3.05, 3.63) is 65.5 Å². The molecule has 2 nitrogen and oxygen atoms in total. The molecular weight excluding hydrogens is 241 g/mol. The summed E-state index contributed by atoms with van der Waals surface area (Å²) in [5.74, 6) is -0.730. The smallest absolute Gasteiger partial charge is 0.175 e. The molecular formula is C16H16FNO. The first-order valence-electron chi connectivity index (χ1n) is 6.08. The van der Waals surface area contributed by atoms with E-state index in [9.17, 15) is 9.18 Å². The van der Waals surface area contributed by atoms with Crippen LogP contribution in [0.15, 0.2) is 48.5 Å². The van der Waals surface area contributed by atoms with Crippen LogP contribution in [0, 0.1) is 5.82 Å². The van der Waals surface area contributed by atoms with Crippen LogP contribution in [0.5, 0.6) is 0 Å². The first-order chi connectivity index (χ1) is 8.93. The molecule has 0 bridgehead atoms. The van der Waals surface area contributed by atoms with Crippen LogP contribution in [0.25, 0.3) is 0 Å². The van der Waals surface area contributed by atoms with Gasteiger partial charge in [-0.3, -0.25) is 4.79 Å². The fourth-order valence-electron chi connectivity index (χ4n) is 2.01. The molecule has 2 aromatic carbocycles. The lowest BCUT2D eigenvalue weighted by atomic mass is 9.78. The summed E-state index contributed by atoms with van der Waals surface area (Å²) >= 11 is 0. The molecule has 0 saturated carbocycles. The van der Waals surface area contributed by atoms with Crippen LogP contribution in [0.4, 0.5) is 10.1 Å². The number of Topliss-reactive ketones (excluding diaryl/α,β-unsaturated/α-hetero) is 1. The molecule has 0 atom stereocenters. The summed E-state index contributed by atoms with van der Waals surface area (Å²) in [5.41, 5.74) is 6.41. The third-order valence-electron chi connectivity index (χ3n) is 3.32. The number of hydrogen-bond acceptors (Lipinski definition) is 2. The number of hydrogen-bond donors (Lipinski definition) is 1. The van der Waals surface area contributed by atoms with Crippen molar-refractivity contribution in [3.63, 3.8) is 0 Å². The molecule has 0 aliphatic heterocycles. The molecule has 0 spiro atoms. The molecule has 0 aliphatic carbocycles. The van der Waals surface area contributed by atoms with Crippen LogP contribution in [0.1, 0.15) is 29.8 Å². The number of rotatable bonds is 3. The molecule has 3 heteroatoms. The van der Waals surface area contributed by atoms with Gasteiger partial charge in [-0.05, 0) is 43.7 Å². The fraction of sp³-hybridized carbons (Fsp3) is 0.188. The minimum absolute atomic E-state index is 0.115. The number of carbonyl (C=O) groups is 1. The molecule has 0 heterocycles. The topological polar surface area (TPSA) is 43.1 Å². The summed E-state index contributed by atoms with van der Waals surface area (Å²) < 4.78 is 13.7. The van der Waals surface area contributed by atoms with Gasteiger partial charge in [0.25, 0.3) is 0 Å². The van der Waals surface area contributed by atoms with E-state index in [4.69, 9.17) is 5.73 Å². The summed E-state index contributed by atoms with van der Waals surface area (Å²) in [7, 11) is 0. The highest BCUT2D eigenvalue weighted by molar-refractivity contribution is 6.03. The Morgan fingerprint density at radius 2 is 1.63 bits per heavy atom. The van der Waals surface area contributed by atoms with Crippen LogP contribution in [0.2, 0.25) is 0 Å². The van der Waals surface area contributed by atoms with Gasteiger partial charge in [0.05, 0.1) is 11.0 Å². The Kier molecular flexibility index (Phi) is 3.38. The summed E-state index contributed by atoms with van der Waals surface area (Å²) in [6.45, 7) is 3.57. The van der Waals surface area contributed by atoms with Crippen molar-refractivity contribution in [1.82, 2.24) is 0 Å². The van der Waals surface area contributed by atoms with Crippen molar-refractivity contribution in [1.29, 1.82) is 0 Å². The van der Waals surface area contributed by atoms with Crippen LogP contribution in [-0.4, -0.2) is 5.78 Å². The van der Waals surface area contributed by atoms with Gasteiger partial charge in [-0.1, -0.05) is 24.3 Å². The Bertz CT molecular complexity index is 602. The highest BCUT2D eigenvalue weighted by Gasteiger charge is 2.32. The molecule has 19 heavy (non-hydrogen) atoms. The summed E-state index contributed by atoms with van der Waals surface area (Å²) in [4.78, 5) is 12.5. The maximum Gasteiger partial charge on any atom is 0.175 e. The molecule has 0 fully saturated rings. The monoisotopic (exact) mass is 257 g/mol. The van der Waals surface area contributed by atoms with E-state index in [1.54, 1.807) is 50.2 Å². The summed E-state index contributed by atoms with van der Waals surface area (Å²) in [6.07, 6.45) is 0. The Hall–Kier alpha value is -2.16. The van der Waals surface area contributed by atoms with E-state index < -0.39 is 11.2 Å². The standard InChI is InChI=1S/C16H16FNO/c1-16(2,11-7-9-12(18)10-8-11)15(19)13-5-3-4-6-14(13)17/h3-10H,18H2,1-2H3. The molecule has 98 valence electrons. The van der Waals surface area contributed by atoms with Crippen LogP contribution in [-0.2, 0) is 5.41 Å². The fourth-order valence-corrected chi connectivity index (χ4v) is 2.01. The lowest BCUT2D eigenvalue weighted by molar-refractivity contribution is 0.0904. The summed E-state index contributed by atoms with van der Waals surface area (Å²) in [5, 5.41) is 0. The number of nitrogen functional groups attached to an aromatic ring is 1. The number of benzene rings is 2. The van der Waals surface area contributed by atoms with E-state index in [0.717, 1.165) is 5.56 Å². The predicted molar refractivity (Wildman–Crippen MR) is 74.6 cm³/mol. The zero-order chi connectivity index (χ0) is 14.0. The highest BCUT2D eigenvalue weighted by Crippen LogP contribution is 2.29. The zero-order valence-corrected chi connectivity index (χ0v) is 11.0. The molecule has 0 aromatic heterocycles. The molecule has 0 saturated heterocycles. The van der Waals surface area contributed by atoms with Gasteiger partial charge in [-0.2, -0.15) is 0 Å². The van der Waals surface area contributed by atoms with Gasteiger partial charge in [-0.25, -0.2) is 4.39 Å². The Morgan fingerprint density at radius 1 is 1.05 bits per heavy atom. The molecule has 0 unspecified atom stereocenters. The van der Waals surface area contributed by atoms with Gasteiger partial charge in [0.15, 0.2) is 5.78 Å². The van der Waals surface area contributed by atoms with Gasteiger partial charge < -0.3 is 5.73 Å². The maximum absolute atomic E-state index is 13.7. The number of ketones is 1. The SMILES string of the molecule is CC(C)(C(=O)c1ccccc1F)c1ccc(N)cc1. The normalized spacial score (nSPS) is 11.3. The van der Waals surface area contributed by atoms with Gasteiger partial charge in [0.2, 0.25) is 0 Å². The third-order valence-corrected chi connectivity index (χ3v) is 3.32. The number of anilines is 1. The zero-order valence-electron chi connectivity index (χ0n) is 11.0. The van der Waals surface area contributed by atoms with E-state index in [-0.39, 0.29) is 11.3 Å². The van der Waals surface area contributed by atoms with E-state index in [1.165, 1.54) is 12.1 Å². The van der Waals surface area contributed by atoms with Crippen molar-refractivity contribution in [2.75, 3.05) is 5.73 Å². The molecule has 0 amide bonds. The van der Waals surface area contributed by atoms with Crippen molar-refractivity contribution in [2.45, 2.75) is 19.3 Å². The minimum Gasteiger partial charge on any atom is -0.399 e. The first-order valence-corrected chi connectivity index (χ1v) is 6.08. The van der Waals surface area contributed by atoms with Crippen molar-refractivity contribution >= 4 is 11.5 Å². The van der Waals surface area contributed by atoms with Crippen molar-refractivity contribution in [3.8, 4) is 0 Å². The number of carbonyl (C=O) groups excluding carboxylic acids is 1. The molecule has 2 N–H and O–H groups in total. The quantitative estimate of drug-likeness (QED) is 0.674. The Balaban J connectivity index is 2.42. The van der Waals surface area contributed by atoms with Crippen molar-refractivity contribution < 1.29 is 9.18 Å². The van der Waals surface area contributed by atoms with E-state index in [1.807, 2.05) is 0 Å². The number of halogens is 1. The predicted octanol–water partition coefficient (Wildman–Crippen LogP) is 3.57. The number of nitrogens with two attached hydrogens (primary N) is 1. The molecule has 2 rings (SSSR count). The van der Waals surface area contributed by atoms with Gasteiger partial charge in [-0.15, -0.1) is 0 Å². The average molecular weight is 257 g/mol. The molecule has 0 radical (unpaired) electrons. The van der Waals surface area contributed by atoms with E-state index in [0.29, 0.717) is 5.69 Å². The Morgan fingerprint density at radius 3 is 2.21 bits per heavy atom. The largest absolute Gasteiger partial charge is 0.399 e. The van der Waals surface area contributed by atoms with Crippen LogP contribution < -0.4 is 5.73 Å². The first kappa shape index (κ1) is 13.3. The van der Waals surface area contributed by atoms with Crippen LogP contribution >= 0.6 is 0 Å². The van der Waals surface area contributed by atoms with Crippen molar-refractivity contribution in [2.24, 2.45) is 0 Å². The van der Waals surface area contributed by atoms with E-state index >= 15 is 0 Å². The lowest BCUT2D eigenvalue weighted by Crippen LogP contribution is -2.29. The second-order valence-electron chi connectivity index (χ2n) is 5.06. The molecule has 2 aromatic rings. The molecule has 0 aliphatic rings. The van der Waals surface area contributed by atoms with Gasteiger partial charge in [0, 0.05) is 5.69 Å².